The van der Waals surface area contributed by atoms with Crippen LogP contribution in [0.5, 0.6) is 5.75 Å². The number of aliphatic imine (C=N–C) groups is 1. The third kappa shape index (κ3) is 4.54. The van der Waals surface area contributed by atoms with Crippen molar-refractivity contribution in [1.82, 2.24) is 0 Å². The number of halogens is 2. The average Bonchev–Trinajstić information content (AvgIpc) is 2.96. The average molecular weight is 388 g/mol. The van der Waals surface area contributed by atoms with Gasteiger partial charge in [-0.05, 0) is 66.0 Å². The van der Waals surface area contributed by atoms with Gasteiger partial charge in [0.1, 0.15) is 16.8 Å². The molecule has 0 bridgehead atoms. The molecule has 0 amide bonds. The molecular formula is C21H22F2N2OS. The van der Waals surface area contributed by atoms with Gasteiger partial charge < -0.3 is 4.74 Å². The summed E-state index contributed by atoms with van der Waals surface area (Å²) in [6.07, 6.45) is 4.67. The molecule has 142 valence electrons. The number of nitriles is 1. The number of ether oxygens (including phenoxy) is 1. The van der Waals surface area contributed by atoms with Crippen LogP contribution in [0.25, 0.3) is 0 Å². The second kappa shape index (κ2) is 7.77. The van der Waals surface area contributed by atoms with Crippen LogP contribution in [0.1, 0.15) is 48.8 Å². The Morgan fingerprint density at radius 1 is 1.30 bits per heavy atom. The highest BCUT2D eigenvalue weighted by Gasteiger charge is 2.32. The van der Waals surface area contributed by atoms with Crippen molar-refractivity contribution >= 4 is 22.6 Å². The molecule has 3 rings (SSSR count). The molecule has 0 radical (unpaired) electrons. The summed E-state index contributed by atoms with van der Waals surface area (Å²) in [4.78, 5) is 5.78. The topological polar surface area (TPSA) is 45.4 Å². The van der Waals surface area contributed by atoms with Crippen molar-refractivity contribution in [3.63, 3.8) is 0 Å². The second-order valence-corrected chi connectivity index (χ2v) is 8.89. The summed E-state index contributed by atoms with van der Waals surface area (Å²) in [7, 11) is 0. The Morgan fingerprint density at radius 2 is 2.00 bits per heavy atom. The molecule has 0 spiro atoms. The van der Waals surface area contributed by atoms with Gasteiger partial charge in [-0.3, -0.25) is 0 Å². The zero-order valence-corrected chi connectivity index (χ0v) is 16.4. The molecule has 1 aliphatic rings. The van der Waals surface area contributed by atoms with E-state index in [1.54, 1.807) is 29.7 Å². The number of thiophene rings is 1. The standard InChI is InChI=1S/C21H22F2N2OS/c1-21(2,3)14-6-9-16-17(11-24)19(27-18(16)10-14)25-12-13-4-7-15(8-5-13)26-20(22)23/h4-5,7-8,12,14,20H,6,9-10H2,1-3H3/t14-/m0/s1. The smallest absolute Gasteiger partial charge is 0.387 e. The molecule has 1 heterocycles. The van der Waals surface area contributed by atoms with Crippen molar-refractivity contribution in [2.75, 3.05) is 0 Å². The zero-order valence-electron chi connectivity index (χ0n) is 15.6. The lowest BCUT2D eigenvalue weighted by atomic mass is 9.72. The lowest BCUT2D eigenvalue weighted by Gasteiger charge is -2.33. The Bertz CT molecular complexity index is 873. The Morgan fingerprint density at radius 3 is 2.59 bits per heavy atom. The Hall–Kier alpha value is -2.26. The van der Waals surface area contributed by atoms with Gasteiger partial charge in [-0.2, -0.15) is 14.0 Å². The fourth-order valence-electron chi connectivity index (χ4n) is 3.39. The largest absolute Gasteiger partial charge is 0.435 e. The number of nitrogens with zero attached hydrogens (tertiary/aromatic N) is 2. The Kier molecular flexibility index (Phi) is 5.61. The van der Waals surface area contributed by atoms with E-state index in [0.29, 0.717) is 11.5 Å². The summed E-state index contributed by atoms with van der Waals surface area (Å²) in [5, 5.41) is 10.3. The summed E-state index contributed by atoms with van der Waals surface area (Å²) in [5.74, 6) is 0.717. The summed E-state index contributed by atoms with van der Waals surface area (Å²) in [5.41, 5.74) is 2.84. The normalized spacial score (nSPS) is 17.1. The minimum absolute atomic E-state index is 0.111. The zero-order chi connectivity index (χ0) is 19.6. The first-order valence-corrected chi connectivity index (χ1v) is 9.73. The van der Waals surface area contributed by atoms with E-state index in [1.165, 1.54) is 17.0 Å². The molecule has 27 heavy (non-hydrogen) atoms. The quantitative estimate of drug-likeness (QED) is 0.592. The molecule has 2 aromatic rings. The van der Waals surface area contributed by atoms with Crippen molar-refractivity contribution in [3.8, 4) is 11.8 Å². The summed E-state index contributed by atoms with van der Waals surface area (Å²) < 4.78 is 28.8. The van der Waals surface area contributed by atoms with Gasteiger partial charge in [-0.25, -0.2) is 4.99 Å². The van der Waals surface area contributed by atoms with E-state index in [2.05, 4.69) is 36.6 Å². The van der Waals surface area contributed by atoms with Crippen molar-refractivity contribution < 1.29 is 13.5 Å². The maximum absolute atomic E-state index is 12.2. The predicted octanol–water partition coefficient (Wildman–Crippen LogP) is 6.12. The van der Waals surface area contributed by atoms with Gasteiger partial charge in [0.05, 0.1) is 5.56 Å². The van der Waals surface area contributed by atoms with Gasteiger partial charge in [0, 0.05) is 11.1 Å². The maximum Gasteiger partial charge on any atom is 0.387 e. The van der Waals surface area contributed by atoms with Gasteiger partial charge in [0.2, 0.25) is 0 Å². The van der Waals surface area contributed by atoms with Crippen LogP contribution in [0.2, 0.25) is 0 Å². The van der Waals surface area contributed by atoms with Crippen LogP contribution < -0.4 is 4.74 Å². The van der Waals surface area contributed by atoms with E-state index in [9.17, 15) is 14.0 Å². The first-order chi connectivity index (χ1) is 12.8. The molecule has 0 saturated heterocycles. The molecule has 0 N–H and O–H groups in total. The predicted molar refractivity (Wildman–Crippen MR) is 104 cm³/mol. The van der Waals surface area contributed by atoms with Gasteiger partial charge in [-0.1, -0.05) is 20.8 Å². The molecule has 6 heteroatoms. The number of hydrogen-bond donors (Lipinski definition) is 0. The third-order valence-corrected chi connectivity index (χ3v) is 6.18. The highest BCUT2D eigenvalue weighted by Crippen LogP contribution is 2.44. The van der Waals surface area contributed by atoms with E-state index in [1.807, 2.05) is 0 Å². The van der Waals surface area contributed by atoms with Crippen molar-refractivity contribution in [3.05, 3.63) is 45.8 Å². The Balaban J connectivity index is 1.81. The van der Waals surface area contributed by atoms with Crippen molar-refractivity contribution in [2.45, 2.75) is 46.6 Å². The molecule has 0 unspecified atom stereocenters. The highest BCUT2D eigenvalue weighted by atomic mass is 32.1. The molecule has 3 nitrogen and oxygen atoms in total. The third-order valence-electron chi connectivity index (χ3n) is 5.02. The van der Waals surface area contributed by atoms with Crippen LogP contribution in [-0.4, -0.2) is 12.8 Å². The second-order valence-electron chi connectivity index (χ2n) is 7.81. The van der Waals surface area contributed by atoms with Crippen LogP contribution in [0.4, 0.5) is 13.8 Å². The Labute approximate surface area is 162 Å². The van der Waals surface area contributed by atoms with Crippen LogP contribution in [0.15, 0.2) is 29.3 Å². The maximum atomic E-state index is 12.2. The lowest BCUT2D eigenvalue weighted by Crippen LogP contribution is -2.26. The lowest BCUT2D eigenvalue weighted by molar-refractivity contribution is -0.0498. The minimum atomic E-state index is -2.84. The number of benzene rings is 1. The van der Waals surface area contributed by atoms with E-state index in [0.717, 1.165) is 35.4 Å². The molecule has 1 atom stereocenters. The van der Waals surface area contributed by atoms with Crippen LogP contribution >= 0.6 is 11.3 Å². The van der Waals surface area contributed by atoms with Crippen LogP contribution in [0, 0.1) is 22.7 Å². The van der Waals surface area contributed by atoms with E-state index in [-0.39, 0.29) is 11.2 Å². The number of fused-ring (bicyclic) bond motifs is 1. The van der Waals surface area contributed by atoms with Gasteiger partial charge in [-0.15, -0.1) is 11.3 Å². The first kappa shape index (κ1) is 19.5. The molecule has 1 aromatic heterocycles. The first-order valence-electron chi connectivity index (χ1n) is 8.91. The molecule has 0 fully saturated rings. The molecule has 0 aliphatic heterocycles. The fourth-order valence-corrected chi connectivity index (χ4v) is 4.61. The van der Waals surface area contributed by atoms with E-state index < -0.39 is 6.61 Å². The van der Waals surface area contributed by atoms with E-state index in [4.69, 9.17) is 0 Å². The summed E-state index contributed by atoms with van der Waals surface area (Å²) in [6.45, 7) is 3.96. The number of rotatable bonds is 4. The van der Waals surface area contributed by atoms with Crippen LogP contribution in [-0.2, 0) is 12.8 Å². The molecule has 1 aliphatic carbocycles. The SMILES string of the molecule is CC(C)(C)[C@H]1CCc2c(sc(N=Cc3ccc(OC(F)F)cc3)c2C#N)C1. The van der Waals surface area contributed by atoms with Crippen molar-refractivity contribution in [2.24, 2.45) is 16.3 Å². The van der Waals surface area contributed by atoms with Crippen molar-refractivity contribution in [1.29, 1.82) is 5.26 Å². The van der Waals surface area contributed by atoms with E-state index >= 15 is 0 Å². The summed E-state index contributed by atoms with van der Waals surface area (Å²) >= 11 is 1.59. The highest BCUT2D eigenvalue weighted by molar-refractivity contribution is 7.16. The molecule has 0 saturated carbocycles. The van der Waals surface area contributed by atoms with Gasteiger partial charge in [0.15, 0.2) is 0 Å². The van der Waals surface area contributed by atoms with Gasteiger partial charge in [0.25, 0.3) is 0 Å². The fraction of sp³-hybridized carbons (Fsp3) is 0.429. The monoisotopic (exact) mass is 388 g/mol. The van der Waals surface area contributed by atoms with Gasteiger partial charge >= 0.3 is 6.61 Å². The minimum Gasteiger partial charge on any atom is -0.435 e. The van der Waals surface area contributed by atoms with Crippen LogP contribution in [0.3, 0.4) is 0 Å². The number of alkyl halides is 2. The molecule has 1 aromatic carbocycles. The summed E-state index contributed by atoms with van der Waals surface area (Å²) in [6, 6.07) is 8.60. The molecular weight excluding hydrogens is 366 g/mol. The number of hydrogen-bond acceptors (Lipinski definition) is 4.